The first-order valence-electron chi connectivity index (χ1n) is 9.87. The Morgan fingerprint density at radius 1 is 1.04 bits per heavy atom. The number of nitrogens with one attached hydrogen (secondary N) is 1. The first kappa shape index (κ1) is 17.3. The lowest BCUT2D eigenvalue weighted by Crippen LogP contribution is -2.38. The standard InChI is InChI=1S/C19H25N5O2S/c25-27(26,17-5-4-14-2-1-3-16(14)12-17)23-9-6-15(7-10-23)19-22-21-18-13-20-8-11-24(18)19/h4-5,12,15,20H,1-3,6-11,13H2. The Morgan fingerprint density at radius 3 is 2.70 bits per heavy atom. The topological polar surface area (TPSA) is 80.1 Å². The first-order valence-corrected chi connectivity index (χ1v) is 11.3. The molecular formula is C19H25N5O2S. The summed E-state index contributed by atoms with van der Waals surface area (Å²) < 4.78 is 30.1. The van der Waals surface area contributed by atoms with E-state index in [-0.39, 0.29) is 5.92 Å². The number of hydrogen-bond donors (Lipinski definition) is 1. The van der Waals surface area contributed by atoms with Crippen LogP contribution in [0.15, 0.2) is 23.1 Å². The minimum atomic E-state index is -3.41. The van der Waals surface area contributed by atoms with Crippen LogP contribution < -0.4 is 5.32 Å². The fourth-order valence-corrected chi connectivity index (χ4v) is 6.15. The van der Waals surface area contributed by atoms with Crippen molar-refractivity contribution in [3.63, 3.8) is 0 Å². The second kappa shape index (κ2) is 6.68. The maximum absolute atomic E-state index is 13.1. The van der Waals surface area contributed by atoms with Gasteiger partial charge in [-0.2, -0.15) is 4.31 Å². The average molecular weight is 388 g/mol. The number of rotatable bonds is 3. The summed E-state index contributed by atoms with van der Waals surface area (Å²) in [6, 6.07) is 5.68. The summed E-state index contributed by atoms with van der Waals surface area (Å²) in [4.78, 5) is 0.451. The number of hydrogen-bond acceptors (Lipinski definition) is 5. The highest BCUT2D eigenvalue weighted by molar-refractivity contribution is 7.89. The molecule has 5 rings (SSSR count). The Labute approximate surface area is 159 Å². The number of benzene rings is 1. The third kappa shape index (κ3) is 2.99. The van der Waals surface area contributed by atoms with E-state index in [4.69, 9.17) is 0 Å². The second-order valence-electron chi connectivity index (χ2n) is 7.77. The van der Waals surface area contributed by atoms with Crippen molar-refractivity contribution in [1.29, 1.82) is 0 Å². The van der Waals surface area contributed by atoms with Crippen LogP contribution in [0, 0.1) is 0 Å². The Bertz CT molecular complexity index is 960. The molecule has 1 saturated heterocycles. The van der Waals surface area contributed by atoms with Gasteiger partial charge in [0, 0.05) is 32.1 Å². The van der Waals surface area contributed by atoms with E-state index in [1.807, 2.05) is 12.1 Å². The Hall–Kier alpha value is -1.77. The van der Waals surface area contributed by atoms with Crippen molar-refractivity contribution >= 4 is 10.0 Å². The fourth-order valence-electron chi connectivity index (χ4n) is 4.63. The maximum atomic E-state index is 13.1. The van der Waals surface area contributed by atoms with E-state index in [2.05, 4.69) is 20.1 Å². The molecule has 0 bridgehead atoms. The second-order valence-corrected chi connectivity index (χ2v) is 9.70. The highest BCUT2D eigenvalue weighted by Gasteiger charge is 2.33. The van der Waals surface area contributed by atoms with E-state index in [1.54, 1.807) is 10.4 Å². The molecule has 0 amide bonds. The lowest BCUT2D eigenvalue weighted by Gasteiger charge is -2.31. The van der Waals surface area contributed by atoms with E-state index < -0.39 is 10.0 Å². The average Bonchev–Trinajstić information content (AvgIpc) is 3.34. The van der Waals surface area contributed by atoms with Crippen LogP contribution in [-0.2, 0) is 36.0 Å². The Morgan fingerprint density at radius 2 is 1.85 bits per heavy atom. The van der Waals surface area contributed by atoms with Gasteiger partial charge in [0.05, 0.1) is 11.4 Å². The third-order valence-corrected chi connectivity index (χ3v) is 8.07. The molecule has 2 aliphatic heterocycles. The van der Waals surface area contributed by atoms with Crippen molar-refractivity contribution in [2.45, 2.75) is 56.0 Å². The Balaban J connectivity index is 1.32. The van der Waals surface area contributed by atoms with Gasteiger partial charge >= 0.3 is 0 Å². The molecule has 1 fully saturated rings. The van der Waals surface area contributed by atoms with Gasteiger partial charge in [-0.3, -0.25) is 0 Å². The van der Waals surface area contributed by atoms with Crippen LogP contribution in [-0.4, -0.2) is 47.1 Å². The number of sulfonamides is 1. The van der Waals surface area contributed by atoms with Crippen LogP contribution in [0.3, 0.4) is 0 Å². The van der Waals surface area contributed by atoms with Crippen molar-refractivity contribution in [1.82, 2.24) is 24.4 Å². The molecule has 0 atom stereocenters. The molecule has 3 heterocycles. The normalized spacial score (nSPS) is 21.2. The molecule has 1 aromatic heterocycles. The van der Waals surface area contributed by atoms with Gasteiger partial charge in [0.15, 0.2) is 0 Å². The van der Waals surface area contributed by atoms with Crippen LogP contribution in [0.1, 0.15) is 48.0 Å². The molecule has 3 aliphatic rings. The molecule has 144 valence electrons. The molecule has 2 aromatic rings. The number of piperidine rings is 1. The van der Waals surface area contributed by atoms with E-state index in [9.17, 15) is 8.42 Å². The lowest BCUT2D eigenvalue weighted by atomic mass is 9.97. The van der Waals surface area contributed by atoms with Crippen LogP contribution in [0.5, 0.6) is 0 Å². The smallest absolute Gasteiger partial charge is 0.243 e. The number of aryl methyl sites for hydroxylation is 2. The highest BCUT2D eigenvalue weighted by Crippen LogP contribution is 2.32. The highest BCUT2D eigenvalue weighted by atomic mass is 32.2. The van der Waals surface area contributed by atoms with Crippen molar-refractivity contribution < 1.29 is 8.42 Å². The zero-order valence-corrected chi connectivity index (χ0v) is 16.2. The summed E-state index contributed by atoms with van der Waals surface area (Å²) in [7, 11) is -3.41. The van der Waals surface area contributed by atoms with Crippen LogP contribution >= 0.6 is 0 Å². The zero-order valence-electron chi connectivity index (χ0n) is 15.4. The van der Waals surface area contributed by atoms with Gasteiger partial charge in [0.1, 0.15) is 11.6 Å². The summed E-state index contributed by atoms with van der Waals surface area (Å²) in [5.74, 6) is 2.31. The van der Waals surface area contributed by atoms with Crippen molar-refractivity contribution in [2.75, 3.05) is 19.6 Å². The van der Waals surface area contributed by atoms with Gasteiger partial charge in [-0.25, -0.2) is 8.42 Å². The number of aromatic nitrogens is 3. The summed E-state index contributed by atoms with van der Waals surface area (Å²) >= 11 is 0. The van der Waals surface area contributed by atoms with Gasteiger partial charge < -0.3 is 9.88 Å². The van der Waals surface area contributed by atoms with E-state index in [0.717, 1.165) is 63.4 Å². The van der Waals surface area contributed by atoms with Crippen molar-refractivity contribution in [3.8, 4) is 0 Å². The molecule has 7 nitrogen and oxygen atoms in total. The predicted octanol–water partition coefficient (Wildman–Crippen LogP) is 1.44. The molecule has 0 spiro atoms. The summed E-state index contributed by atoms with van der Waals surface area (Å²) in [5, 5.41) is 12.0. The van der Waals surface area contributed by atoms with E-state index >= 15 is 0 Å². The minimum Gasteiger partial charge on any atom is -0.312 e. The van der Waals surface area contributed by atoms with Crippen molar-refractivity contribution in [3.05, 3.63) is 41.0 Å². The van der Waals surface area contributed by atoms with E-state index in [0.29, 0.717) is 18.0 Å². The van der Waals surface area contributed by atoms with Gasteiger partial charge in [0.25, 0.3) is 0 Å². The van der Waals surface area contributed by atoms with Crippen LogP contribution in [0.25, 0.3) is 0 Å². The van der Waals surface area contributed by atoms with Gasteiger partial charge in [0.2, 0.25) is 10.0 Å². The van der Waals surface area contributed by atoms with Crippen LogP contribution in [0.4, 0.5) is 0 Å². The molecule has 27 heavy (non-hydrogen) atoms. The number of nitrogens with zero attached hydrogens (tertiary/aromatic N) is 4. The summed E-state index contributed by atoms with van der Waals surface area (Å²) in [6.45, 7) is 3.68. The molecule has 0 radical (unpaired) electrons. The molecule has 0 saturated carbocycles. The zero-order chi connectivity index (χ0) is 18.4. The molecular weight excluding hydrogens is 362 g/mol. The quantitative estimate of drug-likeness (QED) is 0.862. The molecule has 1 aromatic carbocycles. The van der Waals surface area contributed by atoms with Gasteiger partial charge in [-0.15, -0.1) is 10.2 Å². The summed E-state index contributed by atoms with van der Waals surface area (Å²) in [5.41, 5.74) is 2.51. The SMILES string of the molecule is O=S(=O)(c1ccc2c(c1)CCC2)N1CCC(c2nnc3n2CCNC3)CC1. The van der Waals surface area contributed by atoms with Gasteiger partial charge in [-0.1, -0.05) is 6.07 Å². The molecule has 1 aliphatic carbocycles. The summed E-state index contributed by atoms with van der Waals surface area (Å²) in [6.07, 6.45) is 4.79. The fraction of sp³-hybridized carbons (Fsp3) is 0.579. The Kier molecular flexibility index (Phi) is 4.29. The maximum Gasteiger partial charge on any atom is 0.243 e. The first-order chi connectivity index (χ1) is 13.1. The third-order valence-electron chi connectivity index (χ3n) is 6.18. The van der Waals surface area contributed by atoms with Gasteiger partial charge in [-0.05, 0) is 55.4 Å². The molecule has 0 unspecified atom stereocenters. The van der Waals surface area contributed by atoms with Crippen LogP contribution in [0.2, 0.25) is 0 Å². The predicted molar refractivity (Wildman–Crippen MR) is 101 cm³/mol. The van der Waals surface area contributed by atoms with Crippen molar-refractivity contribution in [2.24, 2.45) is 0 Å². The lowest BCUT2D eigenvalue weighted by molar-refractivity contribution is 0.307. The van der Waals surface area contributed by atoms with E-state index in [1.165, 1.54) is 11.1 Å². The molecule has 8 heteroatoms. The monoisotopic (exact) mass is 387 g/mol. The number of fused-ring (bicyclic) bond motifs is 2. The largest absolute Gasteiger partial charge is 0.312 e. The minimum absolute atomic E-state index is 0.288. The molecule has 1 N–H and O–H groups in total.